The Morgan fingerprint density at radius 1 is 1.31 bits per heavy atom. The van der Waals surface area contributed by atoms with Crippen molar-refractivity contribution in [2.45, 2.75) is 32.6 Å². The van der Waals surface area contributed by atoms with Crippen LogP contribution in [0.3, 0.4) is 0 Å². The average molecular weight is 247 g/mol. The van der Waals surface area contributed by atoms with Crippen LogP contribution >= 0.6 is 15.9 Å². The largest absolute Gasteiger partial charge is 0.494 e. The lowest BCUT2D eigenvalue weighted by atomic mass is 10.2. The highest BCUT2D eigenvalue weighted by Gasteiger charge is 1.91. The van der Waals surface area contributed by atoms with Crippen LogP contribution in [0.5, 0.6) is 0 Å². The lowest BCUT2D eigenvalue weighted by molar-refractivity contribution is 0.216. The SMILES string of the molecule is C=C/C(=C\C)OCCCCCCBr. The van der Waals surface area contributed by atoms with Crippen LogP contribution in [0, 0.1) is 0 Å². The quantitative estimate of drug-likeness (QED) is 0.272. The molecule has 0 radical (unpaired) electrons. The van der Waals surface area contributed by atoms with Crippen LogP contribution in [0.15, 0.2) is 24.5 Å². The molecule has 0 aliphatic rings. The highest BCUT2D eigenvalue weighted by Crippen LogP contribution is 2.04. The van der Waals surface area contributed by atoms with Crippen molar-refractivity contribution in [2.24, 2.45) is 0 Å². The molecule has 0 aromatic rings. The van der Waals surface area contributed by atoms with E-state index in [9.17, 15) is 0 Å². The molecule has 0 spiro atoms. The first-order chi connectivity index (χ1) is 6.35. The van der Waals surface area contributed by atoms with Crippen molar-refractivity contribution >= 4 is 15.9 Å². The Labute approximate surface area is 90.0 Å². The molecule has 0 aliphatic carbocycles. The molecule has 1 nitrogen and oxygen atoms in total. The summed E-state index contributed by atoms with van der Waals surface area (Å²) in [6.45, 7) is 6.43. The van der Waals surface area contributed by atoms with Gasteiger partial charge in [-0.15, -0.1) is 0 Å². The normalized spacial score (nSPS) is 11.4. The van der Waals surface area contributed by atoms with Gasteiger partial charge in [0.1, 0.15) is 5.76 Å². The zero-order chi connectivity index (χ0) is 9.94. The second kappa shape index (κ2) is 9.85. The zero-order valence-electron chi connectivity index (χ0n) is 8.39. The maximum absolute atomic E-state index is 5.45. The van der Waals surface area contributed by atoms with E-state index >= 15 is 0 Å². The second-order valence-corrected chi connectivity index (χ2v) is 3.64. The van der Waals surface area contributed by atoms with E-state index in [1.807, 2.05) is 13.0 Å². The van der Waals surface area contributed by atoms with Crippen molar-refractivity contribution in [2.75, 3.05) is 11.9 Å². The lowest BCUT2D eigenvalue weighted by Gasteiger charge is -2.05. The van der Waals surface area contributed by atoms with Gasteiger partial charge in [-0.25, -0.2) is 0 Å². The first kappa shape index (κ1) is 12.8. The van der Waals surface area contributed by atoms with E-state index in [-0.39, 0.29) is 0 Å². The molecule has 2 heteroatoms. The van der Waals surface area contributed by atoms with Crippen LogP contribution in [0.4, 0.5) is 0 Å². The molecule has 13 heavy (non-hydrogen) atoms. The Kier molecular flexibility index (Phi) is 9.66. The Morgan fingerprint density at radius 2 is 2.00 bits per heavy atom. The summed E-state index contributed by atoms with van der Waals surface area (Å²) >= 11 is 3.41. The van der Waals surface area contributed by atoms with Crippen LogP contribution in [-0.2, 0) is 4.74 Å². The highest BCUT2D eigenvalue weighted by molar-refractivity contribution is 9.09. The van der Waals surface area contributed by atoms with Crippen molar-refractivity contribution in [3.8, 4) is 0 Å². The summed E-state index contributed by atoms with van der Waals surface area (Å²) < 4.78 is 5.45. The molecule has 0 unspecified atom stereocenters. The summed E-state index contributed by atoms with van der Waals surface area (Å²) in [5, 5.41) is 1.11. The second-order valence-electron chi connectivity index (χ2n) is 2.85. The number of unbranched alkanes of at least 4 members (excludes halogenated alkanes) is 3. The number of allylic oxidation sites excluding steroid dienone is 2. The molecule has 0 amide bonds. The minimum atomic E-state index is 0.813. The molecular weight excluding hydrogens is 228 g/mol. The first-order valence-electron chi connectivity index (χ1n) is 4.82. The monoisotopic (exact) mass is 246 g/mol. The third kappa shape index (κ3) is 8.10. The average Bonchev–Trinajstić information content (AvgIpc) is 2.17. The summed E-state index contributed by atoms with van der Waals surface area (Å²) in [6.07, 6.45) is 8.62. The van der Waals surface area contributed by atoms with Gasteiger partial charge in [0.2, 0.25) is 0 Å². The van der Waals surface area contributed by atoms with Gasteiger partial charge in [-0.3, -0.25) is 0 Å². The molecule has 0 aromatic carbocycles. The fourth-order valence-corrected chi connectivity index (χ4v) is 1.40. The van der Waals surface area contributed by atoms with E-state index in [0.717, 1.165) is 24.1 Å². The molecule has 0 saturated heterocycles. The molecular formula is C11H19BrO. The zero-order valence-corrected chi connectivity index (χ0v) is 9.98. The molecule has 0 saturated carbocycles. The fourth-order valence-electron chi connectivity index (χ4n) is 1.00. The molecule has 0 atom stereocenters. The van der Waals surface area contributed by atoms with Gasteiger partial charge in [0.25, 0.3) is 0 Å². The smallest absolute Gasteiger partial charge is 0.114 e. The maximum atomic E-state index is 5.45. The molecule has 0 bridgehead atoms. The number of alkyl halides is 1. The van der Waals surface area contributed by atoms with Crippen LogP contribution in [0.2, 0.25) is 0 Å². The Hall–Kier alpha value is -0.240. The van der Waals surface area contributed by atoms with E-state index in [1.54, 1.807) is 6.08 Å². The Balaban J connectivity index is 3.20. The first-order valence-corrected chi connectivity index (χ1v) is 5.94. The number of ether oxygens (including phenoxy) is 1. The van der Waals surface area contributed by atoms with E-state index in [0.29, 0.717) is 0 Å². The van der Waals surface area contributed by atoms with Crippen LogP contribution in [0.1, 0.15) is 32.6 Å². The van der Waals surface area contributed by atoms with Gasteiger partial charge in [-0.05, 0) is 31.9 Å². The predicted molar refractivity (Wildman–Crippen MR) is 62.2 cm³/mol. The van der Waals surface area contributed by atoms with Gasteiger partial charge < -0.3 is 4.74 Å². The minimum Gasteiger partial charge on any atom is -0.494 e. The molecule has 0 aromatic heterocycles. The van der Waals surface area contributed by atoms with Crippen molar-refractivity contribution in [3.05, 3.63) is 24.5 Å². The summed E-state index contributed by atoms with van der Waals surface area (Å²) in [4.78, 5) is 0. The third-order valence-electron chi connectivity index (χ3n) is 1.78. The molecule has 0 aliphatic heterocycles. The Bertz CT molecular complexity index is 152. The van der Waals surface area contributed by atoms with E-state index in [4.69, 9.17) is 4.74 Å². The minimum absolute atomic E-state index is 0.813. The summed E-state index contributed by atoms with van der Waals surface area (Å²) in [7, 11) is 0. The fraction of sp³-hybridized carbons (Fsp3) is 0.636. The van der Waals surface area contributed by atoms with Gasteiger partial charge in [0.15, 0.2) is 0 Å². The molecule has 0 fully saturated rings. The van der Waals surface area contributed by atoms with Gasteiger partial charge in [0.05, 0.1) is 6.61 Å². The topological polar surface area (TPSA) is 9.23 Å². The van der Waals surface area contributed by atoms with Crippen molar-refractivity contribution in [1.29, 1.82) is 0 Å². The number of hydrogen-bond acceptors (Lipinski definition) is 1. The number of rotatable bonds is 8. The highest BCUT2D eigenvalue weighted by atomic mass is 79.9. The predicted octanol–water partition coefficient (Wildman–Crippen LogP) is 4.05. The lowest BCUT2D eigenvalue weighted by Crippen LogP contribution is -1.93. The van der Waals surface area contributed by atoms with Crippen molar-refractivity contribution in [1.82, 2.24) is 0 Å². The van der Waals surface area contributed by atoms with Crippen LogP contribution in [0.25, 0.3) is 0 Å². The number of hydrogen-bond donors (Lipinski definition) is 0. The van der Waals surface area contributed by atoms with Gasteiger partial charge in [-0.2, -0.15) is 0 Å². The third-order valence-corrected chi connectivity index (χ3v) is 2.34. The van der Waals surface area contributed by atoms with E-state index in [1.165, 1.54) is 19.3 Å². The van der Waals surface area contributed by atoms with Gasteiger partial charge in [0, 0.05) is 5.33 Å². The maximum Gasteiger partial charge on any atom is 0.114 e. The van der Waals surface area contributed by atoms with Crippen molar-refractivity contribution in [3.63, 3.8) is 0 Å². The van der Waals surface area contributed by atoms with Crippen LogP contribution < -0.4 is 0 Å². The van der Waals surface area contributed by atoms with Crippen LogP contribution in [-0.4, -0.2) is 11.9 Å². The van der Waals surface area contributed by atoms with Crippen molar-refractivity contribution < 1.29 is 4.74 Å². The molecule has 0 N–H and O–H groups in total. The standard InChI is InChI=1S/C11H19BrO/c1-3-11(4-2)13-10-8-6-5-7-9-12/h3-4H,1,5-10H2,2H3/b11-4+. The van der Waals surface area contributed by atoms with E-state index in [2.05, 4.69) is 22.5 Å². The number of halogens is 1. The van der Waals surface area contributed by atoms with Gasteiger partial charge >= 0.3 is 0 Å². The molecule has 76 valence electrons. The van der Waals surface area contributed by atoms with Gasteiger partial charge in [-0.1, -0.05) is 35.4 Å². The Morgan fingerprint density at radius 3 is 2.54 bits per heavy atom. The molecule has 0 rings (SSSR count). The molecule has 0 heterocycles. The van der Waals surface area contributed by atoms with E-state index < -0.39 is 0 Å². The summed E-state index contributed by atoms with van der Waals surface area (Å²) in [6, 6.07) is 0. The summed E-state index contributed by atoms with van der Waals surface area (Å²) in [5.41, 5.74) is 0. The summed E-state index contributed by atoms with van der Waals surface area (Å²) in [5.74, 6) is 0.889.